The maximum Gasteiger partial charge on any atom is 0.165 e. The van der Waals surface area contributed by atoms with Crippen LogP contribution in [0.25, 0.3) is 16.8 Å². The molecule has 0 aliphatic carbocycles. The normalized spacial score (nSPS) is 17.1. The SMILES string of the molecule is c1ccc(CNc2cc(C3CCCNC3)nc3c(-c4cn[nH]c4)cnn23)cc1. The van der Waals surface area contributed by atoms with Gasteiger partial charge in [0.25, 0.3) is 0 Å². The first-order valence-electron chi connectivity index (χ1n) is 9.75. The summed E-state index contributed by atoms with van der Waals surface area (Å²) in [5, 5.41) is 18.6. The number of benzene rings is 1. The second-order valence-corrected chi connectivity index (χ2v) is 7.23. The molecule has 1 aromatic carbocycles. The predicted octanol–water partition coefficient (Wildman–Crippen LogP) is 3.20. The minimum atomic E-state index is 0.420. The van der Waals surface area contributed by atoms with E-state index >= 15 is 0 Å². The van der Waals surface area contributed by atoms with Gasteiger partial charge in [0.2, 0.25) is 0 Å². The topological polar surface area (TPSA) is 82.9 Å². The third kappa shape index (κ3) is 3.25. The highest BCUT2D eigenvalue weighted by molar-refractivity contribution is 5.77. The van der Waals surface area contributed by atoms with Crippen molar-refractivity contribution in [2.75, 3.05) is 18.4 Å². The lowest BCUT2D eigenvalue weighted by atomic mass is 9.96. The van der Waals surface area contributed by atoms with E-state index < -0.39 is 0 Å². The van der Waals surface area contributed by atoms with E-state index in [-0.39, 0.29) is 0 Å². The zero-order valence-corrected chi connectivity index (χ0v) is 15.6. The Balaban J connectivity index is 1.56. The second kappa shape index (κ2) is 7.44. The van der Waals surface area contributed by atoms with Crippen molar-refractivity contribution >= 4 is 11.5 Å². The molecule has 0 spiro atoms. The highest BCUT2D eigenvalue weighted by Gasteiger charge is 2.20. The summed E-state index contributed by atoms with van der Waals surface area (Å²) in [4.78, 5) is 5.01. The van der Waals surface area contributed by atoms with Crippen molar-refractivity contribution < 1.29 is 0 Å². The number of anilines is 1. The van der Waals surface area contributed by atoms with Gasteiger partial charge in [0.1, 0.15) is 5.82 Å². The molecule has 5 rings (SSSR count). The van der Waals surface area contributed by atoms with Gasteiger partial charge in [0.15, 0.2) is 5.65 Å². The summed E-state index contributed by atoms with van der Waals surface area (Å²) in [7, 11) is 0. The Kier molecular flexibility index (Phi) is 4.50. The molecule has 7 heteroatoms. The van der Waals surface area contributed by atoms with Crippen molar-refractivity contribution in [2.45, 2.75) is 25.3 Å². The number of H-pyrrole nitrogens is 1. The number of piperidine rings is 1. The summed E-state index contributed by atoms with van der Waals surface area (Å²) in [5.41, 5.74) is 5.19. The van der Waals surface area contributed by atoms with E-state index in [1.807, 2.05) is 29.2 Å². The molecule has 1 aliphatic heterocycles. The number of hydrogen-bond donors (Lipinski definition) is 3. The lowest BCUT2D eigenvalue weighted by Gasteiger charge is -2.23. The van der Waals surface area contributed by atoms with Crippen LogP contribution >= 0.6 is 0 Å². The van der Waals surface area contributed by atoms with Gasteiger partial charge in [-0.15, -0.1) is 0 Å². The molecule has 0 amide bonds. The summed E-state index contributed by atoms with van der Waals surface area (Å²) in [6.07, 6.45) is 7.89. The minimum Gasteiger partial charge on any atom is -0.366 e. The van der Waals surface area contributed by atoms with Gasteiger partial charge in [-0.05, 0) is 24.9 Å². The van der Waals surface area contributed by atoms with Crippen molar-refractivity contribution in [1.82, 2.24) is 30.1 Å². The second-order valence-electron chi connectivity index (χ2n) is 7.23. The molecule has 0 radical (unpaired) electrons. The Morgan fingerprint density at radius 2 is 2.11 bits per heavy atom. The summed E-state index contributed by atoms with van der Waals surface area (Å²) in [6.45, 7) is 2.80. The van der Waals surface area contributed by atoms with Crippen LogP contribution in [0.5, 0.6) is 0 Å². The van der Waals surface area contributed by atoms with Crippen LogP contribution in [0.1, 0.15) is 30.0 Å². The van der Waals surface area contributed by atoms with Gasteiger partial charge in [-0.25, -0.2) is 4.98 Å². The van der Waals surface area contributed by atoms with E-state index in [4.69, 9.17) is 4.98 Å². The van der Waals surface area contributed by atoms with Crippen LogP contribution in [0, 0.1) is 0 Å². The number of hydrogen-bond acceptors (Lipinski definition) is 5. The molecule has 1 unspecified atom stereocenters. The first-order chi connectivity index (χ1) is 13.9. The minimum absolute atomic E-state index is 0.420. The molecule has 4 heterocycles. The fourth-order valence-electron chi connectivity index (χ4n) is 3.81. The van der Waals surface area contributed by atoms with Crippen molar-refractivity contribution in [1.29, 1.82) is 0 Å². The predicted molar refractivity (Wildman–Crippen MR) is 109 cm³/mol. The van der Waals surface area contributed by atoms with Gasteiger partial charge in [0, 0.05) is 42.4 Å². The Hall–Kier alpha value is -3.19. The number of aromatic amines is 1. The van der Waals surface area contributed by atoms with Gasteiger partial charge in [-0.3, -0.25) is 5.10 Å². The monoisotopic (exact) mass is 373 g/mol. The van der Waals surface area contributed by atoms with E-state index in [2.05, 4.69) is 56.3 Å². The summed E-state index contributed by atoms with van der Waals surface area (Å²) in [5.74, 6) is 1.38. The Morgan fingerprint density at radius 3 is 2.89 bits per heavy atom. The molecule has 28 heavy (non-hydrogen) atoms. The van der Waals surface area contributed by atoms with Gasteiger partial charge < -0.3 is 10.6 Å². The Morgan fingerprint density at radius 1 is 1.18 bits per heavy atom. The molecular formula is C21H23N7. The molecule has 3 N–H and O–H groups in total. The molecule has 1 atom stereocenters. The van der Waals surface area contributed by atoms with Crippen molar-refractivity contribution in [3.63, 3.8) is 0 Å². The number of aromatic nitrogens is 5. The highest BCUT2D eigenvalue weighted by Crippen LogP contribution is 2.29. The molecule has 0 bridgehead atoms. The van der Waals surface area contributed by atoms with Crippen molar-refractivity contribution in [2.24, 2.45) is 0 Å². The number of fused-ring (bicyclic) bond motifs is 1. The molecule has 1 fully saturated rings. The molecular weight excluding hydrogens is 350 g/mol. The van der Waals surface area contributed by atoms with Crippen LogP contribution in [0.4, 0.5) is 5.82 Å². The van der Waals surface area contributed by atoms with Crippen LogP contribution in [-0.2, 0) is 6.54 Å². The van der Waals surface area contributed by atoms with Crippen LogP contribution in [-0.4, -0.2) is 37.9 Å². The molecule has 3 aromatic heterocycles. The molecule has 0 saturated carbocycles. The highest BCUT2D eigenvalue weighted by atomic mass is 15.3. The van der Waals surface area contributed by atoms with E-state index in [1.54, 1.807) is 0 Å². The lowest BCUT2D eigenvalue weighted by Crippen LogP contribution is -2.29. The molecule has 4 aromatic rings. The van der Waals surface area contributed by atoms with E-state index in [1.165, 1.54) is 12.0 Å². The first-order valence-corrected chi connectivity index (χ1v) is 9.75. The zero-order valence-electron chi connectivity index (χ0n) is 15.6. The largest absolute Gasteiger partial charge is 0.366 e. The summed E-state index contributed by atoms with van der Waals surface area (Å²) in [6, 6.07) is 12.5. The molecule has 1 saturated heterocycles. The van der Waals surface area contributed by atoms with Gasteiger partial charge in [0.05, 0.1) is 18.1 Å². The lowest BCUT2D eigenvalue weighted by molar-refractivity contribution is 0.455. The maximum absolute atomic E-state index is 5.01. The van der Waals surface area contributed by atoms with Gasteiger partial charge in [-0.2, -0.15) is 14.7 Å². The third-order valence-electron chi connectivity index (χ3n) is 5.33. The fraction of sp³-hybridized carbons (Fsp3) is 0.286. The number of rotatable bonds is 5. The first kappa shape index (κ1) is 16.9. The summed E-state index contributed by atoms with van der Waals surface area (Å²) < 4.78 is 1.89. The van der Waals surface area contributed by atoms with Crippen molar-refractivity contribution in [3.05, 3.63) is 66.2 Å². The van der Waals surface area contributed by atoms with E-state index in [0.717, 1.165) is 54.3 Å². The van der Waals surface area contributed by atoms with E-state index in [9.17, 15) is 0 Å². The van der Waals surface area contributed by atoms with Crippen LogP contribution in [0.3, 0.4) is 0 Å². The standard InChI is InChI=1S/C21H23N7/c1-2-5-15(6-3-1)10-23-20-9-19(16-7-4-8-22-11-16)27-21-18(14-26-28(20)21)17-12-24-25-13-17/h1-3,5-6,9,12-14,16,22-23H,4,7-8,10-11H2,(H,24,25). The smallest absolute Gasteiger partial charge is 0.165 e. The quantitative estimate of drug-likeness (QED) is 0.500. The van der Waals surface area contributed by atoms with Crippen LogP contribution in [0.2, 0.25) is 0 Å². The van der Waals surface area contributed by atoms with Crippen LogP contribution < -0.4 is 10.6 Å². The van der Waals surface area contributed by atoms with Gasteiger partial charge >= 0.3 is 0 Å². The molecule has 142 valence electrons. The molecule has 1 aliphatic rings. The fourth-order valence-corrected chi connectivity index (χ4v) is 3.81. The van der Waals surface area contributed by atoms with Gasteiger partial charge in [-0.1, -0.05) is 30.3 Å². The third-order valence-corrected chi connectivity index (χ3v) is 5.33. The Labute approximate surface area is 163 Å². The number of nitrogens with one attached hydrogen (secondary N) is 3. The average Bonchev–Trinajstić information content (AvgIpc) is 3.43. The maximum atomic E-state index is 5.01. The van der Waals surface area contributed by atoms with E-state index in [0.29, 0.717) is 5.92 Å². The average molecular weight is 373 g/mol. The molecule has 7 nitrogen and oxygen atoms in total. The van der Waals surface area contributed by atoms with Crippen LogP contribution in [0.15, 0.2) is 55.0 Å². The Bertz CT molecular complexity index is 1050. The summed E-state index contributed by atoms with van der Waals surface area (Å²) >= 11 is 0. The zero-order chi connectivity index (χ0) is 18.8. The number of nitrogens with zero attached hydrogens (tertiary/aromatic N) is 4. The van der Waals surface area contributed by atoms with Crippen molar-refractivity contribution in [3.8, 4) is 11.1 Å².